The molecule has 0 aliphatic heterocycles. The van der Waals surface area contributed by atoms with E-state index in [1.807, 2.05) is 0 Å². The molecule has 0 saturated carbocycles. The predicted octanol–water partition coefficient (Wildman–Crippen LogP) is 5.30. The second-order valence-electron chi connectivity index (χ2n) is 5.93. The van der Waals surface area contributed by atoms with Gasteiger partial charge in [-0.25, -0.2) is 0 Å². The van der Waals surface area contributed by atoms with Gasteiger partial charge in [0.1, 0.15) is 0 Å². The lowest BCUT2D eigenvalue weighted by Gasteiger charge is -2.47. The molecule has 0 amide bonds. The van der Waals surface area contributed by atoms with Crippen LogP contribution in [0.5, 0.6) is 0 Å². The van der Waals surface area contributed by atoms with Crippen LogP contribution in [0.25, 0.3) is 0 Å². The largest absolute Gasteiger partial charge is 0.0591 e. The molecule has 1 aliphatic carbocycles. The van der Waals surface area contributed by atoms with Crippen LogP contribution < -0.4 is 0 Å². The van der Waals surface area contributed by atoms with E-state index in [1.165, 1.54) is 32.0 Å². The van der Waals surface area contributed by atoms with E-state index in [2.05, 4.69) is 78.3 Å². The minimum Gasteiger partial charge on any atom is -0.0591 e. The highest BCUT2D eigenvalue weighted by molar-refractivity contribution is 14.1. The Morgan fingerprint density at radius 3 is 2.44 bits per heavy atom. The van der Waals surface area contributed by atoms with Crippen LogP contribution in [0.1, 0.15) is 45.2 Å². The zero-order valence-electron chi connectivity index (χ0n) is 10.3. The zero-order chi connectivity index (χ0) is 12.1. The van der Waals surface area contributed by atoms with Gasteiger partial charge >= 0.3 is 0 Å². The molecule has 0 radical (unpaired) electrons. The topological polar surface area (TPSA) is 0 Å². The Hall–Kier alpha value is 0.430. The van der Waals surface area contributed by atoms with Crippen LogP contribution in [0.3, 0.4) is 0 Å². The van der Waals surface area contributed by atoms with Gasteiger partial charge in [0, 0.05) is 8.04 Å². The highest BCUT2D eigenvalue weighted by Crippen LogP contribution is 2.50. The molecule has 0 saturated heterocycles. The minimum atomic E-state index is 0.265. The van der Waals surface area contributed by atoms with Crippen molar-refractivity contribution in [1.82, 2.24) is 0 Å². The van der Waals surface area contributed by atoms with Gasteiger partial charge < -0.3 is 0 Å². The van der Waals surface area contributed by atoms with Crippen molar-refractivity contribution in [2.75, 3.05) is 0 Å². The fourth-order valence-electron chi connectivity index (χ4n) is 2.50. The molecule has 0 bridgehead atoms. The first-order valence-corrected chi connectivity index (χ1v) is 7.61. The van der Waals surface area contributed by atoms with Gasteiger partial charge in [-0.1, -0.05) is 27.7 Å². The summed E-state index contributed by atoms with van der Waals surface area (Å²) in [6.45, 7) is 9.56. The van der Waals surface area contributed by atoms with E-state index < -0.39 is 0 Å². The average molecular weight is 393 g/mol. The van der Waals surface area contributed by atoms with Gasteiger partial charge in [-0.2, -0.15) is 0 Å². The minimum absolute atomic E-state index is 0.265. The van der Waals surface area contributed by atoms with Gasteiger partial charge in [0.25, 0.3) is 0 Å². The van der Waals surface area contributed by atoms with Crippen LogP contribution in [0.2, 0.25) is 0 Å². The molecule has 2 heteroatoms. The number of fused-ring (bicyclic) bond motifs is 1. The van der Waals surface area contributed by atoms with Crippen LogP contribution in [0.4, 0.5) is 0 Å². The Morgan fingerprint density at radius 1 is 1.19 bits per heavy atom. The van der Waals surface area contributed by atoms with Gasteiger partial charge in [-0.15, -0.1) is 0 Å². The molecule has 0 atom stereocenters. The summed E-state index contributed by atoms with van der Waals surface area (Å²) in [7, 11) is 0. The summed E-state index contributed by atoms with van der Waals surface area (Å²) in [6.07, 6.45) is 2.49. The van der Waals surface area contributed by atoms with E-state index in [9.17, 15) is 0 Å². The molecule has 16 heavy (non-hydrogen) atoms. The Bertz CT molecular complexity index is 433. The Morgan fingerprint density at radius 2 is 1.81 bits per heavy atom. The summed E-state index contributed by atoms with van der Waals surface area (Å²) >= 11 is 6.04. The van der Waals surface area contributed by atoms with Crippen LogP contribution in [0, 0.1) is 8.99 Å². The Balaban J connectivity index is 2.63. The zero-order valence-corrected chi connectivity index (χ0v) is 14.1. The van der Waals surface area contributed by atoms with Gasteiger partial charge in [-0.3, -0.25) is 0 Å². The van der Waals surface area contributed by atoms with Crippen molar-refractivity contribution in [3.05, 3.63) is 31.3 Å². The number of hydrogen-bond acceptors (Lipinski definition) is 0. The monoisotopic (exact) mass is 392 g/mol. The van der Waals surface area contributed by atoms with Gasteiger partial charge in [0.05, 0.1) is 0 Å². The highest BCUT2D eigenvalue weighted by atomic mass is 127. The maximum Gasteiger partial charge on any atom is 0.0311 e. The van der Waals surface area contributed by atoms with E-state index in [0.717, 1.165) is 0 Å². The quantitative estimate of drug-likeness (QED) is 0.525. The lowest BCUT2D eigenvalue weighted by molar-refractivity contribution is 0.165. The first-order chi connectivity index (χ1) is 7.25. The predicted molar refractivity (Wildman–Crippen MR) is 82.0 cm³/mol. The van der Waals surface area contributed by atoms with Crippen LogP contribution in [0.15, 0.2) is 16.6 Å². The molecular formula is C14H18BrI. The Labute approximate surface area is 120 Å². The molecule has 0 heterocycles. The summed E-state index contributed by atoms with van der Waals surface area (Å²) in [5, 5.41) is 0. The van der Waals surface area contributed by atoms with Gasteiger partial charge in [0.15, 0.2) is 0 Å². The normalized spacial score (nSPS) is 21.6. The second kappa shape index (κ2) is 3.98. The lowest BCUT2D eigenvalue weighted by Crippen LogP contribution is -2.41. The SMILES string of the molecule is CC1(C)CCc2cc(Br)c(I)cc2C1(C)C. The van der Waals surface area contributed by atoms with Crippen molar-refractivity contribution in [3.63, 3.8) is 0 Å². The van der Waals surface area contributed by atoms with Crippen molar-refractivity contribution in [2.45, 2.75) is 46.0 Å². The maximum atomic E-state index is 3.63. The molecule has 0 fully saturated rings. The van der Waals surface area contributed by atoms with Gasteiger partial charge in [-0.05, 0) is 85.5 Å². The third-order valence-electron chi connectivity index (χ3n) is 4.53. The fourth-order valence-corrected chi connectivity index (χ4v) is 3.36. The number of benzene rings is 1. The molecule has 0 N–H and O–H groups in total. The van der Waals surface area contributed by atoms with Crippen molar-refractivity contribution in [2.24, 2.45) is 5.41 Å². The second-order valence-corrected chi connectivity index (χ2v) is 7.95. The molecule has 2 rings (SSSR count). The summed E-state index contributed by atoms with van der Waals surface area (Å²) in [6, 6.07) is 4.68. The molecular weight excluding hydrogens is 375 g/mol. The number of halogens is 2. The van der Waals surface area contributed by atoms with Gasteiger partial charge in [0.2, 0.25) is 0 Å². The summed E-state index contributed by atoms with van der Waals surface area (Å²) in [5.41, 5.74) is 3.71. The van der Waals surface area contributed by atoms with Crippen molar-refractivity contribution in [3.8, 4) is 0 Å². The molecule has 0 aromatic heterocycles. The Kier molecular flexibility index (Phi) is 3.20. The molecule has 0 nitrogen and oxygen atoms in total. The molecule has 0 unspecified atom stereocenters. The van der Waals surface area contributed by atoms with E-state index in [1.54, 1.807) is 0 Å². The van der Waals surface area contributed by atoms with Crippen LogP contribution >= 0.6 is 38.5 Å². The number of rotatable bonds is 0. The lowest BCUT2D eigenvalue weighted by atomic mass is 9.57. The summed E-state index contributed by atoms with van der Waals surface area (Å²) < 4.78 is 2.56. The molecule has 1 aromatic carbocycles. The van der Waals surface area contributed by atoms with Crippen LogP contribution in [-0.2, 0) is 11.8 Å². The number of hydrogen-bond donors (Lipinski definition) is 0. The standard InChI is InChI=1S/C14H18BrI/c1-13(2)6-5-9-7-11(15)12(16)8-10(9)14(13,3)4/h7-8H,5-6H2,1-4H3. The fraction of sp³-hybridized carbons (Fsp3) is 0.571. The smallest absolute Gasteiger partial charge is 0.0311 e. The van der Waals surface area contributed by atoms with E-state index in [0.29, 0.717) is 5.41 Å². The maximum absolute atomic E-state index is 3.63. The van der Waals surface area contributed by atoms with E-state index in [4.69, 9.17) is 0 Å². The third kappa shape index (κ3) is 1.86. The first kappa shape index (κ1) is 12.9. The van der Waals surface area contributed by atoms with E-state index >= 15 is 0 Å². The molecule has 88 valence electrons. The van der Waals surface area contributed by atoms with E-state index in [-0.39, 0.29) is 5.41 Å². The first-order valence-electron chi connectivity index (χ1n) is 5.74. The highest BCUT2D eigenvalue weighted by Gasteiger charge is 2.42. The summed E-state index contributed by atoms with van der Waals surface area (Å²) in [4.78, 5) is 0. The number of aryl methyl sites for hydroxylation is 1. The summed E-state index contributed by atoms with van der Waals surface area (Å²) in [5.74, 6) is 0. The molecule has 1 aromatic rings. The third-order valence-corrected chi connectivity index (χ3v) is 6.82. The van der Waals surface area contributed by atoms with Crippen molar-refractivity contribution in [1.29, 1.82) is 0 Å². The van der Waals surface area contributed by atoms with Crippen molar-refractivity contribution < 1.29 is 0 Å². The molecule has 0 spiro atoms. The van der Waals surface area contributed by atoms with Crippen LogP contribution in [-0.4, -0.2) is 0 Å². The average Bonchev–Trinajstić information content (AvgIpc) is 2.17. The molecule has 1 aliphatic rings. The van der Waals surface area contributed by atoms with Crippen molar-refractivity contribution >= 4 is 38.5 Å².